The number of hydrogen-bond donors (Lipinski definition) is 3. The van der Waals surface area contributed by atoms with Crippen LogP contribution >= 0.6 is 0 Å². The Kier molecular flexibility index (Phi) is 62.7. The summed E-state index contributed by atoms with van der Waals surface area (Å²) in [5, 5.41) is 23.3. The number of aliphatic hydroxyl groups is 2. The molecule has 0 heterocycles. The van der Waals surface area contributed by atoms with Gasteiger partial charge in [0.15, 0.2) is 0 Å². The van der Waals surface area contributed by atoms with Crippen LogP contribution in [-0.4, -0.2) is 34.9 Å². The number of unbranched alkanes of at least 4 members (excludes halogenated alkanes) is 41. The van der Waals surface area contributed by atoms with E-state index in [1.807, 2.05) is 6.08 Å². The van der Waals surface area contributed by atoms with E-state index in [9.17, 15) is 15.0 Å². The Bertz CT molecular complexity index is 1310. The van der Waals surface area contributed by atoms with E-state index in [-0.39, 0.29) is 12.5 Å². The molecule has 0 aliphatic carbocycles. The molecule has 0 rings (SSSR count). The summed E-state index contributed by atoms with van der Waals surface area (Å²) in [5.41, 5.74) is 0. The molecule has 2 atom stereocenters. The number of nitrogens with one attached hydrogen (secondary N) is 1. The van der Waals surface area contributed by atoms with E-state index in [0.717, 1.165) is 64.2 Å². The molecule has 74 heavy (non-hydrogen) atoms. The highest BCUT2D eigenvalue weighted by Gasteiger charge is 2.18. The van der Waals surface area contributed by atoms with Gasteiger partial charge >= 0.3 is 0 Å². The van der Waals surface area contributed by atoms with Crippen LogP contribution in [0, 0.1) is 0 Å². The second kappa shape index (κ2) is 64.9. The molecule has 4 heteroatoms. The number of aliphatic hydroxyl groups excluding tert-OH is 2. The fraction of sp³-hybridized carbons (Fsp3) is 0.786. The molecule has 0 spiro atoms. The Balaban J connectivity index is 3.49. The average molecular weight is 1030 g/mol. The van der Waals surface area contributed by atoms with Gasteiger partial charge in [-0.2, -0.15) is 0 Å². The van der Waals surface area contributed by atoms with Crippen LogP contribution in [0.4, 0.5) is 0 Å². The van der Waals surface area contributed by atoms with Crippen LogP contribution in [0.15, 0.2) is 85.1 Å². The second-order valence-corrected chi connectivity index (χ2v) is 22.2. The molecule has 0 bridgehead atoms. The molecule has 2 unspecified atom stereocenters. The first-order chi connectivity index (χ1) is 36.7. The maximum absolute atomic E-state index is 12.5. The fourth-order valence-corrected chi connectivity index (χ4v) is 9.95. The summed E-state index contributed by atoms with van der Waals surface area (Å²) in [6.07, 6.45) is 95.0. The van der Waals surface area contributed by atoms with E-state index < -0.39 is 12.1 Å². The first-order valence-corrected chi connectivity index (χ1v) is 32.8. The summed E-state index contributed by atoms with van der Waals surface area (Å²) in [6, 6.07) is -0.630. The topological polar surface area (TPSA) is 69.6 Å². The zero-order valence-electron chi connectivity index (χ0n) is 49.6. The summed E-state index contributed by atoms with van der Waals surface area (Å²) in [6.45, 7) is 4.22. The average Bonchev–Trinajstić information content (AvgIpc) is 3.40. The molecule has 0 saturated carbocycles. The quantitative estimate of drug-likeness (QED) is 0.0420. The summed E-state index contributed by atoms with van der Waals surface area (Å²) >= 11 is 0. The van der Waals surface area contributed by atoms with Crippen LogP contribution < -0.4 is 5.32 Å². The Morgan fingerprint density at radius 3 is 0.892 bits per heavy atom. The normalized spacial score (nSPS) is 13.3. The fourth-order valence-electron chi connectivity index (χ4n) is 9.95. The lowest BCUT2D eigenvalue weighted by molar-refractivity contribution is -0.123. The molecule has 1 amide bonds. The zero-order chi connectivity index (χ0) is 53.4. The molecular weight excluding hydrogens is 903 g/mol. The van der Waals surface area contributed by atoms with Crippen molar-refractivity contribution in [1.82, 2.24) is 5.32 Å². The van der Waals surface area contributed by atoms with Crippen molar-refractivity contribution in [3.63, 3.8) is 0 Å². The smallest absolute Gasteiger partial charge is 0.220 e. The van der Waals surface area contributed by atoms with Crippen molar-refractivity contribution >= 4 is 5.91 Å². The molecular formula is C70H127NO3. The number of hydrogen-bond acceptors (Lipinski definition) is 3. The van der Waals surface area contributed by atoms with Gasteiger partial charge in [-0.3, -0.25) is 4.79 Å². The van der Waals surface area contributed by atoms with Gasteiger partial charge in [-0.05, 0) is 70.6 Å². The van der Waals surface area contributed by atoms with Gasteiger partial charge in [0.05, 0.1) is 18.8 Å². The first kappa shape index (κ1) is 71.6. The molecule has 0 aromatic rings. The minimum atomic E-state index is -0.846. The van der Waals surface area contributed by atoms with Crippen molar-refractivity contribution in [3.05, 3.63) is 85.1 Å². The van der Waals surface area contributed by atoms with Crippen molar-refractivity contribution in [2.45, 2.75) is 347 Å². The van der Waals surface area contributed by atoms with Gasteiger partial charge < -0.3 is 15.5 Å². The Hall–Kier alpha value is -2.43. The van der Waals surface area contributed by atoms with Gasteiger partial charge in [-0.1, -0.05) is 343 Å². The van der Waals surface area contributed by atoms with E-state index in [4.69, 9.17) is 0 Å². The number of rotatable bonds is 60. The van der Waals surface area contributed by atoms with Gasteiger partial charge in [0.2, 0.25) is 5.91 Å². The lowest BCUT2D eigenvalue weighted by Gasteiger charge is -2.20. The Morgan fingerprint density at radius 2 is 0.595 bits per heavy atom. The SMILES string of the molecule is CC/C=C\C/C=C\C/C=C\C/C=C\C/C=C\C/C=C\CCCCCCCCCCCCCCC(=O)NC(CO)C(O)/C=C/CCCCCCCCCCCCCCCCCCCCCCCCCCCCCCC. The summed E-state index contributed by atoms with van der Waals surface area (Å²) in [5.74, 6) is -0.0650. The molecule has 0 aliphatic rings. The second-order valence-electron chi connectivity index (χ2n) is 22.2. The van der Waals surface area contributed by atoms with E-state index in [2.05, 4.69) is 92.1 Å². The van der Waals surface area contributed by atoms with Gasteiger partial charge in [-0.25, -0.2) is 0 Å². The predicted molar refractivity (Wildman–Crippen MR) is 331 cm³/mol. The van der Waals surface area contributed by atoms with Gasteiger partial charge in [-0.15, -0.1) is 0 Å². The van der Waals surface area contributed by atoms with Crippen LogP contribution in [0.3, 0.4) is 0 Å². The van der Waals surface area contributed by atoms with E-state index in [0.29, 0.717) is 6.42 Å². The number of allylic oxidation sites excluding steroid dienone is 13. The third-order valence-corrected chi connectivity index (χ3v) is 14.9. The van der Waals surface area contributed by atoms with Crippen molar-refractivity contribution in [3.8, 4) is 0 Å². The highest BCUT2D eigenvalue weighted by molar-refractivity contribution is 5.76. The highest BCUT2D eigenvalue weighted by Crippen LogP contribution is 2.18. The molecule has 0 aromatic carbocycles. The number of carbonyl (C=O) groups is 1. The highest BCUT2D eigenvalue weighted by atomic mass is 16.3. The molecule has 0 fully saturated rings. The number of carbonyl (C=O) groups excluding carboxylic acids is 1. The largest absolute Gasteiger partial charge is 0.394 e. The van der Waals surface area contributed by atoms with Crippen molar-refractivity contribution in [2.24, 2.45) is 0 Å². The van der Waals surface area contributed by atoms with Gasteiger partial charge in [0, 0.05) is 6.42 Å². The molecule has 430 valence electrons. The minimum Gasteiger partial charge on any atom is -0.394 e. The molecule has 0 saturated heterocycles. The van der Waals surface area contributed by atoms with E-state index in [1.54, 1.807) is 6.08 Å². The summed E-state index contributed by atoms with van der Waals surface area (Å²) in [7, 11) is 0. The maximum Gasteiger partial charge on any atom is 0.220 e. The predicted octanol–water partition coefficient (Wildman–Crippen LogP) is 22.3. The zero-order valence-corrected chi connectivity index (χ0v) is 49.6. The molecule has 0 aromatic heterocycles. The van der Waals surface area contributed by atoms with Crippen molar-refractivity contribution in [2.75, 3.05) is 6.61 Å². The van der Waals surface area contributed by atoms with Crippen LogP contribution in [0.25, 0.3) is 0 Å². The van der Waals surface area contributed by atoms with Crippen LogP contribution in [0.2, 0.25) is 0 Å². The molecule has 0 radical (unpaired) electrons. The third-order valence-electron chi connectivity index (χ3n) is 14.9. The van der Waals surface area contributed by atoms with Gasteiger partial charge in [0.25, 0.3) is 0 Å². The van der Waals surface area contributed by atoms with Crippen molar-refractivity contribution < 1.29 is 15.0 Å². The standard InChI is InChI=1S/C70H127NO3/c1-3-5-7-9-11-13-15-17-19-21-23-25-27-29-31-33-35-37-39-41-43-45-47-49-51-53-55-57-59-61-63-65-69(73)68(67-72)71-70(74)66-64-62-60-58-56-54-52-50-48-46-44-42-40-38-36-34-32-30-28-26-24-22-20-18-16-14-12-10-8-6-4-2/h6,8,12,14,18,20,24,26,30,32,36,38,63,65,68-69,72-73H,3-5,7,9-11,13,15-17,19,21-23,25,27-29,31,33-35,37,39-62,64,66-67H2,1-2H3,(H,71,74)/b8-6-,14-12-,20-18-,26-24-,32-30-,38-36-,65-63+. The number of amides is 1. The van der Waals surface area contributed by atoms with E-state index in [1.165, 1.54) is 250 Å². The van der Waals surface area contributed by atoms with Crippen molar-refractivity contribution in [1.29, 1.82) is 0 Å². The Morgan fingerprint density at radius 1 is 0.338 bits per heavy atom. The lowest BCUT2D eigenvalue weighted by Crippen LogP contribution is -2.45. The van der Waals surface area contributed by atoms with Crippen LogP contribution in [0.1, 0.15) is 335 Å². The third kappa shape index (κ3) is 60.4. The monoisotopic (exact) mass is 1030 g/mol. The molecule has 4 nitrogen and oxygen atoms in total. The minimum absolute atomic E-state index is 0.0650. The van der Waals surface area contributed by atoms with Gasteiger partial charge in [0.1, 0.15) is 0 Å². The van der Waals surface area contributed by atoms with Crippen LogP contribution in [0.5, 0.6) is 0 Å². The first-order valence-electron chi connectivity index (χ1n) is 32.8. The Labute approximate surface area is 462 Å². The van der Waals surface area contributed by atoms with E-state index >= 15 is 0 Å². The maximum atomic E-state index is 12.5. The lowest BCUT2D eigenvalue weighted by atomic mass is 10.0. The van der Waals surface area contributed by atoms with Crippen LogP contribution in [-0.2, 0) is 4.79 Å². The summed E-state index contributed by atoms with van der Waals surface area (Å²) < 4.78 is 0. The molecule has 0 aliphatic heterocycles. The molecule has 3 N–H and O–H groups in total. The summed E-state index contributed by atoms with van der Waals surface area (Å²) in [4.78, 5) is 12.5.